The largest absolute Gasteiger partial charge is 0.507 e. The minimum atomic E-state index is -0.572. The molecule has 0 saturated carbocycles. The second-order valence-electron chi connectivity index (χ2n) is 3.61. The Kier molecular flexibility index (Phi) is 3.53. The fourth-order valence-corrected chi connectivity index (χ4v) is 1.89. The summed E-state index contributed by atoms with van der Waals surface area (Å²) in [4.78, 5) is 12.0. The standard InChI is InChI=1S/C13H10BrNO3/c14-8-4-1-2-5-9(8)15-13(18)12-10(16)6-3-7-11(12)17/h1-7,16-17H,(H,15,18). The highest BCUT2D eigenvalue weighted by atomic mass is 79.9. The fraction of sp³-hybridized carbons (Fsp3) is 0. The van der Waals surface area contributed by atoms with E-state index < -0.39 is 5.91 Å². The molecule has 0 heterocycles. The van der Waals surface area contributed by atoms with E-state index in [1.807, 2.05) is 6.07 Å². The second kappa shape index (κ2) is 5.10. The average Bonchev–Trinajstić information content (AvgIpc) is 2.32. The van der Waals surface area contributed by atoms with Crippen molar-refractivity contribution in [2.45, 2.75) is 0 Å². The Morgan fingerprint density at radius 3 is 2.22 bits per heavy atom. The van der Waals surface area contributed by atoms with Gasteiger partial charge in [-0.2, -0.15) is 0 Å². The smallest absolute Gasteiger partial charge is 0.263 e. The first-order chi connectivity index (χ1) is 8.59. The van der Waals surface area contributed by atoms with Gasteiger partial charge in [-0.1, -0.05) is 18.2 Å². The van der Waals surface area contributed by atoms with Crippen molar-refractivity contribution in [3.05, 3.63) is 52.5 Å². The number of hydrogen-bond donors (Lipinski definition) is 3. The Labute approximate surface area is 112 Å². The molecule has 0 saturated heterocycles. The number of halogens is 1. The van der Waals surface area contributed by atoms with Crippen LogP contribution in [-0.4, -0.2) is 16.1 Å². The third kappa shape index (κ3) is 2.46. The number of carbonyl (C=O) groups is 1. The lowest BCUT2D eigenvalue weighted by Gasteiger charge is -2.09. The van der Waals surface area contributed by atoms with Crippen LogP contribution < -0.4 is 5.32 Å². The van der Waals surface area contributed by atoms with Gasteiger partial charge in [-0.3, -0.25) is 4.79 Å². The third-order valence-electron chi connectivity index (χ3n) is 2.37. The Morgan fingerprint density at radius 1 is 1.00 bits per heavy atom. The summed E-state index contributed by atoms with van der Waals surface area (Å²) in [5, 5.41) is 21.8. The van der Waals surface area contributed by atoms with Crippen molar-refractivity contribution in [1.82, 2.24) is 0 Å². The predicted molar refractivity (Wildman–Crippen MR) is 71.9 cm³/mol. The van der Waals surface area contributed by atoms with Gasteiger partial charge in [0, 0.05) is 4.47 Å². The predicted octanol–water partition coefficient (Wildman–Crippen LogP) is 3.11. The quantitative estimate of drug-likeness (QED) is 0.798. The van der Waals surface area contributed by atoms with Crippen LogP contribution in [0.1, 0.15) is 10.4 Å². The molecule has 2 rings (SSSR count). The first-order valence-electron chi connectivity index (χ1n) is 5.16. The van der Waals surface area contributed by atoms with Crippen LogP contribution in [0.5, 0.6) is 11.5 Å². The number of nitrogens with one attached hydrogen (secondary N) is 1. The van der Waals surface area contributed by atoms with E-state index in [9.17, 15) is 15.0 Å². The van der Waals surface area contributed by atoms with E-state index in [1.54, 1.807) is 18.2 Å². The number of phenolic OH excluding ortho intramolecular Hbond substituents is 2. The van der Waals surface area contributed by atoms with Crippen LogP contribution in [0.25, 0.3) is 0 Å². The molecular weight excluding hydrogens is 298 g/mol. The zero-order valence-corrected chi connectivity index (χ0v) is 10.8. The molecule has 2 aromatic carbocycles. The number of anilines is 1. The lowest BCUT2D eigenvalue weighted by molar-refractivity contribution is 0.102. The van der Waals surface area contributed by atoms with Crippen LogP contribution in [-0.2, 0) is 0 Å². The van der Waals surface area contributed by atoms with Crippen LogP contribution in [0, 0.1) is 0 Å². The van der Waals surface area contributed by atoms with Crippen molar-refractivity contribution in [3.63, 3.8) is 0 Å². The number of phenols is 2. The molecule has 3 N–H and O–H groups in total. The van der Waals surface area contributed by atoms with E-state index in [1.165, 1.54) is 18.2 Å². The number of carbonyl (C=O) groups excluding carboxylic acids is 1. The number of rotatable bonds is 2. The zero-order valence-electron chi connectivity index (χ0n) is 9.22. The van der Waals surface area contributed by atoms with Crippen molar-refractivity contribution in [3.8, 4) is 11.5 Å². The third-order valence-corrected chi connectivity index (χ3v) is 3.06. The molecule has 0 atom stereocenters. The van der Waals surface area contributed by atoms with Gasteiger partial charge in [0.15, 0.2) is 0 Å². The highest BCUT2D eigenvalue weighted by Gasteiger charge is 2.16. The average molecular weight is 308 g/mol. The van der Waals surface area contributed by atoms with Crippen molar-refractivity contribution >= 4 is 27.5 Å². The molecule has 18 heavy (non-hydrogen) atoms. The summed E-state index contributed by atoms with van der Waals surface area (Å²) in [5.74, 6) is -1.10. The van der Waals surface area contributed by atoms with Crippen LogP contribution in [0.4, 0.5) is 5.69 Å². The number of hydrogen-bond acceptors (Lipinski definition) is 3. The normalized spacial score (nSPS) is 10.1. The molecule has 0 aliphatic rings. The Balaban J connectivity index is 2.31. The van der Waals surface area contributed by atoms with Gasteiger partial charge in [0.2, 0.25) is 0 Å². The van der Waals surface area contributed by atoms with Gasteiger partial charge < -0.3 is 15.5 Å². The van der Waals surface area contributed by atoms with Crippen molar-refractivity contribution in [2.75, 3.05) is 5.32 Å². The van der Waals surface area contributed by atoms with Gasteiger partial charge in [-0.15, -0.1) is 0 Å². The lowest BCUT2D eigenvalue weighted by Crippen LogP contribution is -2.12. The minimum Gasteiger partial charge on any atom is -0.507 e. The molecule has 0 aromatic heterocycles. The summed E-state index contributed by atoms with van der Waals surface area (Å²) in [7, 11) is 0. The molecule has 92 valence electrons. The van der Waals surface area contributed by atoms with E-state index in [2.05, 4.69) is 21.2 Å². The van der Waals surface area contributed by atoms with E-state index in [0.29, 0.717) is 10.2 Å². The monoisotopic (exact) mass is 307 g/mol. The summed E-state index contributed by atoms with van der Waals surface area (Å²) >= 11 is 3.29. The summed E-state index contributed by atoms with van der Waals surface area (Å²) in [6, 6.07) is 11.2. The van der Waals surface area contributed by atoms with Gasteiger partial charge >= 0.3 is 0 Å². The molecule has 2 aromatic rings. The molecule has 0 radical (unpaired) electrons. The van der Waals surface area contributed by atoms with Crippen LogP contribution >= 0.6 is 15.9 Å². The number of aromatic hydroxyl groups is 2. The Bertz CT molecular complexity index is 578. The zero-order chi connectivity index (χ0) is 13.1. The maximum Gasteiger partial charge on any atom is 0.263 e. The van der Waals surface area contributed by atoms with Gasteiger partial charge in [-0.05, 0) is 40.2 Å². The lowest BCUT2D eigenvalue weighted by atomic mass is 10.1. The van der Waals surface area contributed by atoms with Crippen molar-refractivity contribution in [2.24, 2.45) is 0 Å². The summed E-state index contributed by atoms with van der Waals surface area (Å²) in [5.41, 5.74) is 0.415. The van der Waals surface area contributed by atoms with E-state index >= 15 is 0 Å². The molecule has 0 unspecified atom stereocenters. The summed E-state index contributed by atoms with van der Waals surface area (Å²) < 4.78 is 0.716. The highest BCUT2D eigenvalue weighted by Crippen LogP contribution is 2.28. The first kappa shape index (κ1) is 12.4. The molecule has 0 aliphatic heterocycles. The number of para-hydroxylation sites is 1. The topological polar surface area (TPSA) is 69.6 Å². The fourth-order valence-electron chi connectivity index (χ4n) is 1.51. The Hall–Kier alpha value is -2.01. The second-order valence-corrected chi connectivity index (χ2v) is 4.46. The molecule has 4 nitrogen and oxygen atoms in total. The highest BCUT2D eigenvalue weighted by molar-refractivity contribution is 9.10. The van der Waals surface area contributed by atoms with E-state index in [0.717, 1.165) is 0 Å². The first-order valence-corrected chi connectivity index (χ1v) is 5.95. The Morgan fingerprint density at radius 2 is 1.61 bits per heavy atom. The SMILES string of the molecule is O=C(Nc1ccccc1Br)c1c(O)cccc1O. The van der Waals surface area contributed by atoms with E-state index in [4.69, 9.17) is 0 Å². The summed E-state index contributed by atoms with van der Waals surface area (Å²) in [6.45, 7) is 0. The van der Waals surface area contributed by atoms with Crippen molar-refractivity contribution < 1.29 is 15.0 Å². The van der Waals surface area contributed by atoms with Gasteiger partial charge in [0.05, 0.1) is 5.69 Å². The van der Waals surface area contributed by atoms with E-state index in [-0.39, 0.29) is 17.1 Å². The molecule has 0 bridgehead atoms. The number of benzene rings is 2. The molecule has 5 heteroatoms. The van der Waals surface area contributed by atoms with Gasteiger partial charge in [-0.25, -0.2) is 0 Å². The molecule has 1 amide bonds. The van der Waals surface area contributed by atoms with Crippen LogP contribution in [0.3, 0.4) is 0 Å². The van der Waals surface area contributed by atoms with Crippen LogP contribution in [0.2, 0.25) is 0 Å². The maximum atomic E-state index is 12.0. The summed E-state index contributed by atoms with van der Waals surface area (Å²) in [6.07, 6.45) is 0. The van der Waals surface area contributed by atoms with Gasteiger partial charge in [0.1, 0.15) is 17.1 Å². The maximum absolute atomic E-state index is 12.0. The molecule has 0 fully saturated rings. The molecule has 0 spiro atoms. The van der Waals surface area contributed by atoms with Crippen molar-refractivity contribution in [1.29, 1.82) is 0 Å². The number of amides is 1. The molecular formula is C13H10BrNO3. The van der Waals surface area contributed by atoms with Gasteiger partial charge in [0.25, 0.3) is 5.91 Å². The molecule has 0 aliphatic carbocycles. The van der Waals surface area contributed by atoms with Crippen LogP contribution in [0.15, 0.2) is 46.9 Å². The minimum absolute atomic E-state index is 0.145.